The fourth-order valence-corrected chi connectivity index (χ4v) is 4.70. The van der Waals surface area contributed by atoms with E-state index in [1.54, 1.807) is 18.2 Å². The number of fused-ring (bicyclic) bond motifs is 2. The van der Waals surface area contributed by atoms with Gasteiger partial charge >= 0.3 is 0 Å². The lowest BCUT2D eigenvalue weighted by Crippen LogP contribution is -2.24. The third-order valence-electron chi connectivity index (χ3n) is 4.90. The number of nitrogens with zero attached hydrogens (tertiary/aromatic N) is 1. The van der Waals surface area contributed by atoms with E-state index < -0.39 is 10.0 Å². The molecule has 1 amide bonds. The van der Waals surface area contributed by atoms with Gasteiger partial charge in [-0.3, -0.25) is 9.10 Å². The second kappa shape index (κ2) is 7.50. The first-order chi connectivity index (χ1) is 13.8. The summed E-state index contributed by atoms with van der Waals surface area (Å²) in [7, 11) is -1.82. The van der Waals surface area contributed by atoms with E-state index in [2.05, 4.69) is 23.5 Å². The van der Waals surface area contributed by atoms with Gasteiger partial charge in [-0.25, -0.2) is 8.42 Å². The predicted octanol–water partition coefficient (Wildman–Crippen LogP) is 4.38. The SMILES string of the molecule is CN(c1ccc2sc(C(=O)NCc3cccc4ccccc34)cc2c1)S(C)(=O)=O. The number of amides is 1. The minimum atomic E-state index is -3.33. The van der Waals surface area contributed by atoms with Crippen molar-refractivity contribution >= 4 is 53.8 Å². The molecule has 5 nitrogen and oxygen atoms in total. The van der Waals surface area contributed by atoms with Crippen LogP contribution in [0.2, 0.25) is 0 Å². The van der Waals surface area contributed by atoms with Gasteiger partial charge in [0.15, 0.2) is 0 Å². The Kier molecular flexibility index (Phi) is 5.02. The van der Waals surface area contributed by atoms with Gasteiger partial charge in [-0.05, 0) is 46.0 Å². The molecule has 7 heteroatoms. The molecule has 3 aromatic carbocycles. The molecule has 0 unspecified atom stereocenters. The quantitative estimate of drug-likeness (QED) is 0.517. The average molecular weight is 425 g/mol. The zero-order valence-electron chi connectivity index (χ0n) is 16.0. The Morgan fingerprint density at radius 3 is 2.55 bits per heavy atom. The zero-order valence-corrected chi connectivity index (χ0v) is 17.7. The molecule has 0 saturated heterocycles. The smallest absolute Gasteiger partial charge is 0.261 e. The maximum absolute atomic E-state index is 12.7. The number of carbonyl (C=O) groups is 1. The van der Waals surface area contributed by atoms with E-state index in [4.69, 9.17) is 0 Å². The monoisotopic (exact) mass is 424 g/mol. The van der Waals surface area contributed by atoms with Crippen LogP contribution in [0.3, 0.4) is 0 Å². The highest BCUT2D eigenvalue weighted by atomic mass is 32.2. The predicted molar refractivity (Wildman–Crippen MR) is 120 cm³/mol. The van der Waals surface area contributed by atoms with Crippen LogP contribution >= 0.6 is 11.3 Å². The third-order valence-corrected chi connectivity index (χ3v) is 7.22. The summed E-state index contributed by atoms with van der Waals surface area (Å²) in [6.45, 7) is 0.441. The van der Waals surface area contributed by atoms with Crippen LogP contribution in [0.1, 0.15) is 15.2 Å². The lowest BCUT2D eigenvalue weighted by molar-refractivity contribution is 0.0955. The van der Waals surface area contributed by atoms with Crippen LogP contribution in [-0.2, 0) is 16.6 Å². The van der Waals surface area contributed by atoms with Crippen LogP contribution in [0, 0.1) is 0 Å². The molecule has 4 aromatic rings. The molecule has 0 aliphatic carbocycles. The zero-order chi connectivity index (χ0) is 20.6. The summed E-state index contributed by atoms with van der Waals surface area (Å²) < 4.78 is 25.7. The summed E-state index contributed by atoms with van der Waals surface area (Å²) >= 11 is 1.39. The highest BCUT2D eigenvalue weighted by molar-refractivity contribution is 7.92. The van der Waals surface area contributed by atoms with Crippen LogP contribution < -0.4 is 9.62 Å². The maximum Gasteiger partial charge on any atom is 0.261 e. The number of thiophene rings is 1. The molecular formula is C22H20N2O3S2. The van der Waals surface area contributed by atoms with Crippen LogP contribution in [0.25, 0.3) is 20.9 Å². The summed E-state index contributed by atoms with van der Waals surface area (Å²) in [4.78, 5) is 13.3. The van der Waals surface area contributed by atoms with Gasteiger partial charge in [0.2, 0.25) is 10.0 Å². The van der Waals surface area contributed by atoms with E-state index in [1.165, 1.54) is 22.7 Å². The molecule has 0 aliphatic heterocycles. The highest BCUT2D eigenvalue weighted by Gasteiger charge is 2.15. The molecule has 1 aromatic heterocycles. The molecule has 0 spiro atoms. The van der Waals surface area contributed by atoms with Crippen LogP contribution in [0.4, 0.5) is 5.69 Å². The Balaban J connectivity index is 1.55. The molecule has 0 fully saturated rings. The van der Waals surface area contributed by atoms with Crippen molar-refractivity contribution < 1.29 is 13.2 Å². The molecule has 148 valence electrons. The van der Waals surface area contributed by atoms with E-state index in [9.17, 15) is 13.2 Å². The lowest BCUT2D eigenvalue weighted by atomic mass is 10.0. The fourth-order valence-electron chi connectivity index (χ4n) is 3.24. The minimum absolute atomic E-state index is 0.142. The van der Waals surface area contributed by atoms with E-state index in [0.717, 1.165) is 32.7 Å². The van der Waals surface area contributed by atoms with Crippen molar-refractivity contribution in [1.29, 1.82) is 0 Å². The van der Waals surface area contributed by atoms with Gasteiger partial charge in [0.25, 0.3) is 5.91 Å². The van der Waals surface area contributed by atoms with Gasteiger partial charge in [-0.15, -0.1) is 11.3 Å². The molecule has 0 radical (unpaired) electrons. The minimum Gasteiger partial charge on any atom is -0.347 e. The molecule has 1 heterocycles. The fraction of sp³-hybridized carbons (Fsp3) is 0.136. The first-order valence-corrected chi connectivity index (χ1v) is 11.7. The van der Waals surface area contributed by atoms with Crippen molar-refractivity contribution in [3.63, 3.8) is 0 Å². The van der Waals surface area contributed by atoms with E-state index in [0.29, 0.717) is 17.1 Å². The number of carbonyl (C=O) groups excluding carboxylic acids is 1. The van der Waals surface area contributed by atoms with E-state index in [-0.39, 0.29) is 5.91 Å². The molecular weight excluding hydrogens is 404 g/mol. The summed E-state index contributed by atoms with van der Waals surface area (Å²) in [5.41, 5.74) is 1.63. The van der Waals surface area contributed by atoms with Crippen molar-refractivity contribution in [1.82, 2.24) is 5.32 Å². The van der Waals surface area contributed by atoms with Crippen molar-refractivity contribution in [3.8, 4) is 0 Å². The Hall–Kier alpha value is -2.90. The molecule has 0 bridgehead atoms. The Bertz CT molecular complexity index is 1320. The maximum atomic E-state index is 12.7. The number of nitrogens with one attached hydrogen (secondary N) is 1. The Labute approximate surface area is 173 Å². The average Bonchev–Trinajstić information content (AvgIpc) is 3.14. The second-order valence-corrected chi connectivity index (χ2v) is 9.98. The van der Waals surface area contributed by atoms with Crippen LogP contribution in [-0.4, -0.2) is 27.6 Å². The van der Waals surface area contributed by atoms with Crippen molar-refractivity contribution in [3.05, 3.63) is 77.2 Å². The van der Waals surface area contributed by atoms with Gasteiger partial charge in [0.05, 0.1) is 16.8 Å². The summed E-state index contributed by atoms with van der Waals surface area (Å²) in [6, 6.07) is 21.3. The summed E-state index contributed by atoms with van der Waals surface area (Å²) in [6.07, 6.45) is 1.16. The van der Waals surface area contributed by atoms with Gasteiger partial charge in [0.1, 0.15) is 0 Å². The van der Waals surface area contributed by atoms with Crippen LogP contribution in [0.15, 0.2) is 66.7 Å². The molecule has 29 heavy (non-hydrogen) atoms. The van der Waals surface area contributed by atoms with Gasteiger partial charge < -0.3 is 5.32 Å². The standard InChI is InChI=1S/C22H20N2O3S2/c1-24(29(2,26)27)18-10-11-20-17(12-18)13-21(28-20)22(25)23-14-16-8-5-7-15-6-3-4-9-19(15)16/h3-13H,14H2,1-2H3,(H,23,25). The van der Waals surface area contributed by atoms with Gasteiger partial charge in [-0.1, -0.05) is 42.5 Å². The van der Waals surface area contributed by atoms with Crippen molar-refractivity contribution in [2.45, 2.75) is 6.54 Å². The third kappa shape index (κ3) is 3.97. The van der Waals surface area contributed by atoms with Crippen LogP contribution in [0.5, 0.6) is 0 Å². The normalized spacial score (nSPS) is 11.7. The van der Waals surface area contributed by atoms with Gasteiger partial charge in [0, 0.05) is 18.3 Å². The van der Waals surface area contributed by atoms with E-state index in [1.807, 2.05) is 30.3 Å². The Morgan fingerprint density at radius 2 is 1.76 bits per heavy atom. The Morgan fingerprint density at radius 1 is 1.00 bits per heavy atom. The molecule has 4 rings (SSSR count). The number of benzene rings is 3. The lowest BCUT2D eigenvalue weighted by Gasteiger charge is -2.16. The number of anilines is 1. The number of rotatable bonds is 5. The topological polar surface area (TPSA) is 66.5 Å². The molecule has 0 aliphatic rings. The number of sulfonamides is 1. The first kappa shape index (κ1) is 19.4. The second-order valence-electron chi connectivity index (χ2n) is 6.88. The largest absolute Gasteiger partial charge is 0.347 e. The summed E-state index contributed by atoms with van der Waals surface area (Å²) in [5.74, 6) is -0.142. The molecule has 1 N–H and O–H groups in total. The number of hydrogen-bond donors (Lipinski definition) is 1. The molecule has 0 saturated carbocycles. The first-order valence-electron chi connectivity index (χ1n) is 9.05. The van der Waals surface area contributed by atoms with Crippen molar-refractivity contribution in [2.75, 3.05) is 17.6 Å². The van der Waals surface area contributed by atoms with Crippen molar-refractivity contribution in [2.24, 2.45) is 0 Å². The summed E-state index contributed by atoms with van der Waals surface area (Å²) in [5, 5.41) is 6.11. The highest BCUT2D eigenvalue weighted by Crippen LogP contribution is 2.30. The molecule has 0 atom stereocenters. The van der Waals surface area contributed by atoms with Gasteiger partial charge in [-0.2, -0.15) is 0 Å². The number of hydrogen-bond acceptors (Lipinski definition) is 4. The van der Waals surface area contributed by atoms with E-state index >= 15 is 0 Å².